The highest BCUT2D eigenvalue weighted by atomic mass is 35.5. The van der Waals surface area contributed by atoms with Crippen molar-refractivity contribution in [3.63, 3.8) is 0 Å². The summed E-state index contributed by atoms with van der Waals surface area (Å²) in [5, 5.41) is 11.7. The summed E-state index contributed by atoms with van der Waals surface area (Å²) in [6.45, 7) is 3.64. The third-order valence-electron chi connectivity index (χ3n) is 5.36. The average molecular weight is 359 g/mol. The van der Waals surface area contributed by atoms with Crippen LogP contribution in [-0.4, -0.2) is 41.3 Å². The fraction of sp³-hybridized carbons (Fsp3) is 0.474. The number of nitrogens with zero attached hydrogens (tertiary/aromatic N) is 4. The van der Waals surface area contributed by atoms with Crippen LogP contribution in [0.15, 0.2) is 36.7 Å². The van der Waals surface area contributed by atoms with Crippen molar-refractivity contribution in [2.45, 2.75) is 31.3 Å². The van der Waals surface area contributed by atoms with Crippen LogP contribution in [-0.2, 0) is 5.60 Å². The van der Waals surface area contributed by atoms with Gasteiger partial charge in [-0.3, -0.25) is 0 Å². The number of benzene rings is 1. The van der Waals surface area contributed by atoms with Gasteiger partial charge in [0, 0.05) is 42.8 Å². The molecule has 2 saturated heterocycles. The van der Waals surface area contributed by atoms with Gasteiger partial charge in [0.15, 0.2) is 0 Å². The van der Waals surface area contributed by atoms with Crippen LogP contribution in [0, 0.1) is 0 Å². The topological polar surface area (TPSA) is 52.5 Å². The number of halogens is 1. The summed E-state index contributed by atoms with van der Waals surface area (Å²) in [5.41, 5.74) is -0.0311. The Kier molecular flexibility index (Phi) is 4.52. The lowest BCUT2D eigenvalue weighted by Gasteiger charge is -2.39. The van der Waals surface area contributed by atoms with Gasteiger partial charge in [-0.1, -0.05) is 29.8 Å². The molecule has 2 aliphatic rings. The molecule has 0 atom stereocenters. The van der Waals surface area contributed by atoms with Crippen LogP contribution in [0.4, 0.5) is 11.6 Å². The van der Waals surface area contributed by atoms with Crippen LogP contribution in [0.25, 0.3) is 0 Å². The third kappa shape index (κ3) is 3.31. The maximum atomic E-state index is 11.1. The van der Waals surface area contributed by atoms with E-state index >= 15 is 0 Å². The lowest BCUT2D eigenvalue weighted by atomic mass is 9.84. The Morgan fingerprint density at radius 2 is 1.52 bits per heavy atom. The van der Waals surface area contributed by atoms with E-state index in [4.69, 9.17) is 11.6 Å². The van der Waals surface area contributed by atoms with E-state index < -0.39 is 5.60 Å². The molecule has 2 aromatic rings. The van der Waals surface area contributed by atoms with Crippen molar-refractivity contribution in [1.82, 2.24) is 9.97 Å². The number of rotatable bonds is 3. The highest BCUT2D eigenvalue weighted by Crippen LogP contribution is 2.37. The molecule has 132 valence electrons. The van der Waals surface area contributed by atoms with E-state index in [1.54, 1.807) is 6.33 Å². The zero-order chi connectivity index (χ0) is 17.3. The smallest absolute Gasteiger partial charge is 0.134 e. The first-order chi connectivity index (χ1) is 12.2. The normalized spacial score (nSPS) is 20.1. The molecule has 6 heteroatoms. The fourth-order valence-electron chi connectivity index (χ4n) is 3.84. The molecule has 0 bridgehead atoms. The summed E-state index contributed by atoms with van der Waals surface area (Å²) in [5.74, 6) is 1.95. The summed E-state index contributed by atoms with van der Waals surface area (Å²) in [7, 11) is 0. The van der Waals surface area contributed by atoms with Gasteiger partial charge in [0.2, 0.25) is 0 Å². The van der Waals surface area contributed by atoms with Gasteiger partial charge in [0.1, 0.15) is 18.0 Å². The van der Waals surface area contributed by atoms with E-state index in [0.29, 0.717) is 17.9 Å². The first-order valence-corrected chi connectivity index (χ1v) is 9.33. The second-order valence-electron chi connectivity index (χ2n) is 6.93. The van der Waals surface area contributed by atoms with Crippen molar-refractivity contribution in [1.29, 1.82) is 0 Å². The summed E-state index contributed by atoms with van der Waals surface area (Å²) in [6.07, 6.45) is 5.39. The molecule has 0 aliphatic carbocycles. The third-order valence-corrected chi connectivity index (χ3v) is 5.69. The fourth-order valence-corrected chi connectivity index (χ4v) is 4.15. The van der Waals surface area contributed by atoms with E-state index in [2.05, 4.69) is 25.8 Å². The van der Waals surface area contributed by atoms with Gasteiger partial charge in [-0.05, 0) is 31.7 Å². The largest absolute Gasteiger partial charge is 0.385 e. The van der Waals surface area contributed by atoms with E-state index in [0.717, 1.165) is 43.4 Å². The molecule has 25 heavy (non-hydrogen) atoms. The first kappa shape index (κ1) is 16.6. The van der Waals surface area contributed by atoms with Crippen molar-refractivity contribution < 1.29 is 5.11 Å². The molecule has 0 spiro atoms. The monoisotopic (exact) mass is 358 g/mol. The van der Waals surface area contributed by atoms with Gasteiger partial charge in [-0.2, -0.15) is 0 Å². The molecule has 0 radical (unpaired) electrons. The lowest BCUT2D eigenvalue weighted by Crippen LogP contribution is -2.43. The molecule has 2 fully saturated rings. The minimum absolute atomic E-state index is 0.636. The Labute approximate surface area is 153 Å². The number of hydrogen-bond acceptors (Lipinski definition) is 5. The van der Waals surface area contributed by atoms with Crippen molar-refractivity contribution in [3.05, 3.63) is 47.2 Å². The minimum atomic E-state index is -0.861. The van der Waals surface area contributed by atoms with Crippen LogP contribution >= 0.6 is 11.6 Å². The van der Waals surface area contributed by atoms with Crippen molar-refractivity contribution >= 4 is 23.2 Å². The van der Waals surface area contributed by atoms with Crippen LogP contribution in [0.1, 0.15) is 31.2 Å². The number of aliphatic hydroxyl groups is 1. The second kappa shape index (κ2) is 6.81. The maximum Gasteiger partial charge on any atom is 0.134 e. The molecule has 2 aliphatic heterocycles. The first-order valence-electron chi connectivity index (χ1n) is 8.95. The van der Waals surface area contributed by atoms with E-state index in [9.17, 15) is 5.11 Å². The highest BCUT2D eigenvalue weighted by molar-refractivity contribution is 6.31. The van der Waals surface area contributed by atoms with E-state index in [-0.39, 0.29) is 0 Å². The van der Waals surface area contributed by atoms with E-state index in [1.807, 2.05) is 24.3 Å². The minimum Gasteiger partial charge on any atom is -0.385 e. The highest BCUT2D eigenvalue weighted by Gasteiger charge is 2.35. The molecule has 0 unspecified atom stereocenters. The van der Waals surface area contributed by atoms with Crippen LogP contribution in [0.3, 0.4) is 0 Å². The van der Waals surface area contributed by atoms with Crippen molar-refractivity contribution in [3.8, 4) is 0 Å². The molecule has 3 heterocycles. The molecule has 1 aromatic heterocycles. The Morgan fingerprint density at radius 1 is 0.920 bits per heavy atom. The molecule has 4 rings (SSSR count). The van der Waals surface area contributed by atoms with Gasteiger partial charge in [-0.15, -0.1) is 0 Å². The molecule has 1 aromatic carbocycles. The van der Waals surface area contributed by atoms with Gasteiger partial charge >= 0.3 is 0 Å². The number of hydrogen-bond donors (Lipinski definition) is 1. The Hall–Kier alpha value is -1.85. The van der Waals surface area contributed by atoms with Crippen LogP contribution < -0.4 is 9.80 Å². The van der Waals surface area contributed by atoms with Gasteiger partial charge < -0.3 is 14.9 Å². The Balaban J connectivity index is 1.49. The number of aromatic nitrogens is 2. The quantitative estimate of drug-likeness (QED) is 0.913. The SMILES string of the molecule is OC1(c2ccccc2Cl)CCN(c2cc(N3CCCC3)ncn2)CC1. The summed E-state index contributed by atoms with van der Waals surface area (Å²) < 4.78 is 0. The predicted octanol–water partition coefficient (Wildman–Crippen LogP) is 3.22. The predicted molar refractivity (Wildman–Crippen MR) is 100 cm³/mol. The van der Waals surface area contributed by atoms with Crippen LogP contribution in [0.2, 0.25) is 5.02 Å². The molecule has 5 nitrogen and oxygen atoms in total. The molecule has 1 N–H and O–H groups in total. The zero-order valence-corrected chi connectivity index (χ0v) is 15.0. The van der Waals surface area contributed by atoms with Gasteiger partial charge in [0.25, 0.3) is 0 Å². The summed E-state index contributed by atoms with van der Waals surface area (Å²) >= 11 is 6.29. The molecule has 0 saturated carbocycles. The molecular formula is C19H23ClN4O. The zero-order valence-electron chi connectivity index (χ0n) is 14.2. The number of anilines is 2. The standard InChI is InChI=1S/C19H23ClN4O/c20-16-6-2-1-5-15(16)19(25)7-11-24(12-8-19)18-13-17(21-14-22-18)23-9-3-4-10-23/h1-2,5-6,13-14,25H,3-4,7-12H2. The van der Waals surface area contributed by atoms with E-state index in [1.165, 1.54) is 12.8 Å². The van der Waals surface area contributed by atoms with Gasteiger partial charge in [-0.25, -0.2) is 9.97 Å². The molecular weight excluding hydrogens is 336 g/mol. The van der Waals surface area contributed by atoms with Crippen LogP contribution in [0.5, 0.6) is 0 Å². The maximum absolute atomic E-state index is 11.1. The Morgan fingerprint density at radius 3 is 2.16 bits per heavy atom. The number of piperidine rings is 1. The van der Waals surface area contributed by atoms with Crippen molar-refractivity contribution in [2.75, 3.05) is 36.0 Å². The van der Waals surface area contributed by atoms with Gasteiger partial charge in [0.05, 0.1) is 5.60 Å². The summed E-state index contributed by atoms with van der Waals surface area (Å²) in [6, 6.07) is 9.66. The average Bonchev–Trinajstić information content (AvgIpc) is 3.17. The lowest BCUT2D eigenvalue weighted by molar-refractivity contribution is 0.0117. The second-order valence-corrected chi connectivity index (χ2v) is 7.33. The summed E-state index contributed by atoms with van der Waals surface area (Å²) in [4.78, 5) is 13.4. The van der Waals surface area contributed by atoms with Crippen molar-refractivity contribution in [2.24, 2.45) is 0 Å². The Bertz CT molecular complexity index is 740. The molecule has 0 amide bonds.